The van der Waals surface area contributed by atoms with Gasteiger partial charge in [-0.05, 0) is 51.0 Å². The van der Waals surface area contributed by atoms with Crippen LogP contribution in [0.25, 0.3) is 0 Å². The van der Waals surface area contributed by atoms with Gasteiger partial charge in [0.25, 0.3) is 5.91 Å². The first-order chi connectivity index (χ1) is 12.8. The van der Waals surface area contributed by atoms with Crippen molar-refractivity contribution < 1.29 is 4.79 Å². The molecule has 3 aromatic rings. The lowest BCUT2D eigenvalue weighted by Gasteiger charge is -2.19. The van der Waals surface area contributed by atoms with E-state index in [0.29, 0.717) is 17.3 Å². The molecule has 1 amide bonds. The van der Waals surface area contributed by atoms with Gasteiger partial charge in [-0.15, -0.1) is 0 Å². The van der Waals surface area contributed by atoms with Gasteiger partial charge in [0.05, 0.1) is 0 Å². The second kappa shape index (κ2) is 7.58. The smallest absolute Gasteiger partial charge is 0.274 e. The minimum atomic E-state index is -0.238. The number of aromatic nitrogens is 2. The summed E-state index contributed by atoms with van der Waals surface area (Å²) in [5.41, 5.74) is 5.42. The Morgan fingerprint density at radius 3 is 2.19 bits per heavy atom. The quantitative estimate of drug-likeness (QED) is 0.731. The Hall–Kier alpha value is -3.21. The van der Waals surface area contributed by atoms with E-state index in [0.717, 1.165) is 22.5 Å². The third kappa shape index (κ3) is 4.14. The maximum atomic E-state index is 12.8. The van der Waals surface area contributed by atoms with Crippen LogP contribution in [-0.4, -0.2) is 22.9 Å². The van der Waals surface area contributed by atoms with Crippen LogP contribution in [0.1, 0.15) is 33.0 Å². The van der Waals surface area contributed by atoms with Gasteiger partial charge >= 0.3 is 0 Å². The van der Waals surface area contributed by atoms with Crippen molar-refractivity contribution in [3.05, 3.63) is 76.7 Å². The number of carbonyl (C=O) groups excluding carboxylic acids is 1. The number of rotatable bonds is 4. The number of nitrogens with zero attached hydrogens (tertiary/aromatic N) is 3. The van der Waals surface area contributed by atoms with Crippen LogP contribution in [-0.2, 0) is 0 Å². The zero-order chi connectivity index (χ0) is 19.6. The van der Waals surface area contributed by atoms with Gasteiger partial charge in [-0.3, -0.25) is 4.79 Å². The summed E-state index contributed by atoms with van der Waals surface area (Å²) in [6.07, 6.45) is 0. The standard InChI is InChI=1S/C22H24N4O/c1-14-11-15(2)21(16(3)12-14)25-22(27)19-13-20(24-17(4)23-19)26(5)18-9-7-6-8-10-18/h6-13H,1-5H3,(H,25,27). The summed E-state index contributed by atoms with van der Waals surface area (Å²) in [5, 5.41) is 3.01. The molecule has 5 heteroatoms. The van der Waals surface area contributed by atoms with E-state index in [1.807, 2.05) is 63.1 Å². The number of amides is 1. The summed E-state index contributed by atoms with van der Waals surface area (Å²) in [5.74, 6) is 0.993. The number of benzene rings is 2. The van der Waals surface area contributed by atoms with Gasteiger partial charge in [-0.25, -0.2) is 9.97 Å². The molecule has 0 unspecified atom stereocenters. The van der Waals surface area contributed by atoms with Crippen molar-refractivity contribution in [3.63, 3.8) is 0 Å². The van der Waals surface area contributed by atoms with E-state index < -0.39 is 0 Å². The first kappa shape index (κ1) is 18.6. The Morgan fingerprint density at radius 2 is 1.56 bits per heavy atom. The lowest BCUT2D eigenvalue weighted by atomic mass is 10.0. The molecular weight excluding hydrogens is 336 g/mol. The average molecular weight is 360 g/mol. The van der Waals surface area contributed by atoms with Crippen LogP contribution in [0.15, 0.2) is 48.5 Å². The Bertz CT molecular complexity index is 960. The second-order valence-electron chi connectivity index (χ2n) is 6.78. The van der Waals surface area contributed by atoms with Gasteiger partial charge in [-0.1, -0.05) is 35.9 Å². The Morgan fingerprint density at radius 1 is 0.926 bits per heavy atom. The highest BCUT2D eigenvalue weighted by Crippen LogP contribution is 2.24. The van der Waals surface area contributed by atoms with Crippen LogP contribution in [0.3, 0.4) is 0 Å². The first-order valence-electron chi connectivity index (χ1n) is 8.89. The fraction of sp³-hybridized carbons (Fsp3) is 0.227. The number of carbonyl (C=O) groups is 1. The van der Waals surface area contributed by atoms with E-state index in [-0.39, 0.29) is 5.91 Å². The summed E-state index contributed by atoms with van der Waals surface area (Å²) in [7, 11) is 1.92. The maximum absolute atomic E-state index is 12.8. The molecule has 0 aliphatic heterocycles. The molecule has 1 N–H and O–H groups in total. The van der Waals surface area contributed by atoms with Crippen molar-refractivity contribution >= 4 is 23.1 Å². The predicted molar refractivity (Wildman–Crippen MR) is 110 cm³/mol. The number of aryl methyl sites for hydroxylation is 4. The molecule has 0 aliphatic rings. The molecule has 1 heterocycles. The molecule has 27 heavy (non-hydrogen) atoms. The van der Waals surface area contributed by atoms with Gasteiger partial charge in [0.15, 0.2) is 0 Å². The Labute approximate surface area is 160 Å². The fourth-order valence-corrected chi connectivity index (χ4v) is 3.18. The number of anilines is 3. The maximum Gasteiger partial charge on any atom is 0.274 e. The monoisotopic (exact) mass is 360 g/mol. The molecule has 0 bridgehead atoms. The van der Waals surface area contributed by atoms with Crippen molar-refractivity contribution in [1.82, 2.24) is 9.97 Å². The molecular formula is C22H24N4O. The van der Waals surface area contributed by atoms with Gasteiger partial charge in [0.1, 0.15) is 17.3 Å². The SMILES string of the molecule is Cc1cc(C)c(NC(=O)c2cc(N(C)c3ccccc3)nc(C)n2)c(C)c1. The summed E-state index contributed by atoms with van der Waals surface area (Å²) in [6, 6.07) is 15.7. The number of hydrogen-bond donors (Lipinski definition) is 1. The summed E-state index contributed by atoms with van der Waals surface area (Å²) >= 11 is 0. The van der Waals surface area contributed by atoms with Crippen molar-refractivity contribution in [1.29, 1.82) is 0 Å². The Kier molecular flexibility index (Phi) is 5.21. The molecule has 5 nitrogen and oxygen atoms in total. The van der Waals surface area contributed by atoms with E-state index in [1.165, 1.54) is 5.56 Å². The third-order valence-electron chi connectivity index (χ3n) is 4.46. The molecule has 0 saturated carbocycles. The van der Waals surface area contributed by atoms with Crippen LogP contribution in [0.4, 0.5) is 17.2 Å². The molecule has 3 rings (SSSR count). The van der Waals surface area contributed by atoms with E-state index in [1.54, 1.807) is 13.0 Å². The number of hydrogen-bond acceptors (Lipinski definition) is 4. The van der Waals surface area contributed by atoms with Crippen LogP contribution in [0, 0.1) is 27.7 Å². The van der Waals surface area contributed by atoms with Crippen molar-refractivity contribution in [2.45, 2.75) is 27.7 Å². The van der Waals surface area contributed by atoms with Crippen LogP contribution in [0.5, 0.6) is 0 Å². The van der Waals surface area contributed by atoms with Gasteiger partial charge in [0.2, 0.25) is 0 Å². The third-order valence-corrected chi connectivity index (χ3v) is 4.46. The van der Waals surface area contributed by atoms with Crippen LogP contribution in [0.2, 0.25) is 0 Å². The number of para-hydroxylation sites is 1. The zero-order valence-corrected chi connectivity index (χ0v) is 16.4. The molecule has 0 radical (unpaired) electrons. The van der Waals surface area contributed by atoms with Crippen molar-refractivity contribution in [2.24, 2.45) is 0 Å². The summed E-state index contributed by atoms with van der Waals surface area (Å²) in [4.78, 5) is 23.6. The normalized spacial score (nSPS) is 10.6. The first-order valence-corrected chi connectivity index (χ1v) is 8.89. The molecule has 2 aromatic carbocycles. The summed E-state index contributed by atoms with van der Waals surface area (Å²) in [6.45, 7) is 7.83. The molecule has 0 saturated heterocycles. The minimum absolute atomic E-state index is 0.238. The lowest BCUT2D eigenvalue weighted by Crippen LogP contribution is -2.19. The molecule has 0 atom stereocenters. The highest BCUT2D eigenvalue weighted by atomic mass is 16.1. The summed E-state index contributed by atoms with van der Waals surface area (Å²) < 4.78 is 0. The lowest BCUT2D eigenvalue weighted by molar-refractivity contribution is 0.102. The minimum Gasteiger partial charge on any atom is -0.329 e. The van der Waals surface area contributed by atoms with E-state index in [2.05, 4.69) is 27.4 Å². The Balaban J connectivity index is 1.91. The van der Waals surface area contributed by atoms with Crippen molar-refractivity contribution in [3.8, 4) is 0 Å². The van der Waals surface area contributed by atoms with E-state index >= 15 is 0 Å². The molecule has 1 aromatic heterocycles. The fourth-order valence-electron chi connectivity index (χ4n) is 3.18. The van der Waals surface area contributed by atoms with Crippen LogP contribution >= 0.6 is 0 Å². The highest BCUT2D eigenvalue weighted by Gasteiger charge is 2.15. The second-order valence-corrected chi connectivity index (χ2v) is 6.78. The molecule has 0 fully saturated rings. The topological polar surface area (TPSA) is 58.1 Å². The van der Waals surface area contributed by atoms with Crippen LogP contribution < -0.4 is 10.2 Å². The molecule has 0 spiro atoms. The number of nitrogens with one attached hydrogen (secondary N) is 1. The van der Waals surface area contributed by atoms with Crippen molar-refractivity contribution in [2.75, 3.05) is 17.3 Å². The largest absolute Gasteiger partial charge is 0.329 e. The molecule has 0 aliphatic carbocycles. The highest BCUT2D eigenvalue weighted by molar-refractivity contribution is 6.04. The molecule has 138 valence electrons. The van der Waals surface area contributed by atoms with Gasteiger partial charge in [0, 0.05) is 24.5 Å². The van der Waals surface area contributed by atoms with Gasteiger partial charge < -0.3 is 10.2 Å². The van der Waals surface area contributed by atoms with E-state index in [9.17, 15) is 4.79 Å². The van der Waals surface area contributed by atoms with Gasteiger partial charge in [-0.2, -0.15) is 0 Å². The zero-order valence-electron chi connectivity index (χ0n) is 16.4. The average Bonchev–Trinajstić information content (AvgIpc) is 2.64. The van der Waals surface area contributed by atoms with E-state index in [4.69, 9.17) is 0 Å². The predicted octanol–water partition coefficient (Wildman–Crippen LogP) is 4.73.